The first-order chi connectivity index (χ1) is 9.15. The Morgan fingerprint density at radius 3 is 2.37 bits per heavy atom. The molecule has 0 amide bonds. The average Bonchev–Trinajstić information content (AvgIpc) is 2.88. The molecule has 0 aliphatic rings. The molecule has 0 radical (unpaired) electrons. The van der Waals surface area contributed by atoms with E-state index in [1.54, 1.807) is 0 Å². The summed E-state index contributed by atoms with van der Waals surface area (Å²) in [4.78, 5) is 4.51. The summed E-state index contributed by atoms with van der Waals surface area (Å²) in [5.41, 5.74) is 4.90. The van der Waals surface area contributed by atoms with E-state index in [1.165, 1.54) is 16.8 Å². The van der Waals surface area contributed by atoms with E-state index in [0.29, 0.717) is 0 Å². The summed E-state index contributed by atoms with van der Waals surface area (Å²) in [6.07, 6.45) is 6.02. The number of allylic oxidation sites excluding steroid dienone is 4. The maximum Gasteiger partial charge on any atom is 0.144 e. The minimum atomic E-state index is 0.984. The third kappa shape index (κ3) is 2.68. The van der Waals surface area contributed by atoms with Gasteiger partial charge in [0.25, 0.3) is 0 Å². The lowest BCUT2D eigenvalue weighted by Gasteiger charge is -2.15. The molecule has 0 aliphatic heterocycles. The Balaban J connectivity index is 2.60. The molecule has 2 aromatic rings. The Kier molecular flexibility index (Phi) is 4.00. The van der Waals surface area contributed by atoms with E-state index in [2.05, 4.69) is 55.5 Å². The Hall–Kier alpha value is -2.09. The molecule has 0 N–H and O–H groups in total. The second-order valence-electron chi connectivity index (χ2n) is 4.81. The summed E-state index contributed by atoms with van der Waals surface area (Å²) >= 11 is 0. The molecular formula is C17H20N2. The molecule has 2 rings (SSSR count). The number of benzene rings is 1. The van der Waals surface area contributed by atoms with Crippen LogP contribution in [0.2, 0.25) is 0 Å². The van der Waals surface area contributed by atoms with E-state index in [1.807, 2.05) is 30.6 Å². The molecule has 0 aliphatic carbocycles. The van der Waals surface area contributed by atoms with E-state index >= 15 is 0 Å². The smallest absolute Gasteiger partial charge is 0.144 e. The molecule has 0 atom stereocenters. The van der Waals surface area contributed by atoms with Crippen LogP contribution in [-0.2, 0) is 0 Å². The second-order valence-corrected chi connectivity index (χ2v) is 4.81. The fourth-order valence-corrected chi connectivity index (χ4v) is 2.25. The largest absolute Gasteiger partial charge is 0.300 e. The Morgan fingerprint density at radius 1 is 1.11 bits per heavy atom. The molecule has 0 unspecified atom stereocenters. The second kappa shape index (κ2) is 5.70. The van der Waals surface area contributed by atoms with Gasteiger partial charge in [0.15, 0.2) is 0 Å². The zero-order valence-electron chi connectivity index (χ0n) is 12.0. The van der Waals surface area contributed by atoms with Gasteiger partial charge < -0.3 is 0 Å². The predicted octanol–water partition coefficient (Wildman–Crippen LogP) is 4.77. The van der Waals surface area contributed by atoms with E-state index in [9.17, 15) is 0 Å². The van der Waals surface area contributed by atoms with Crippen molar-refractivity contribution in [2.45, 2.75) is 27.7 Å². The van der Waals surface area contributed by atoms with Gasteiger partial charge in [-0.25, -0.2) is 4.98 Å². The minimum Gasteiger partial charge on any atom is -0.300 e. The molecule has 98 valence electrons. The molecule has 1 aromatic heterocycles. The molecule has 0 spiro atoms. The van der Waals surface area contributed by atoms with Gasteiger partial charge in [-0.3, -0.25) is 4.57 Å². The lowest BCUT2D eigenvalue weighted by Crippen LogP contribution is -2.02. The van der Waals surface area contributed by atoms with Crippen molar-refractivity contribution in [2.75, 3.05) is 0 Å². The van der Waals surface area contributed by atoms with Crippen molar-refractivity contribution in [1.82, 2.24) is 9.55 Å². The normalized spacial score (nSPS) is 11.5. The van der Waals surface area contributed by atoms with Gasteiger partial charge in [-0.05, 0) is 33.3 Å². The molecule has 1 heterocycles. The number of aromatic nitrogens is 2. The van der Waals surface area contributed by atoms with Gasteiger partial charge in [0, 0.05) is 23.7 Å². The summed E-state index contributed by atoms with van der Waals surface area (Å²) in [5.74, 6) is 0.984. The van der Waals surface area contributed by atoms with Crippen LogP contribution in [0.1, 0.15) is 27.7 Å². The summed E-state index contributed by atoms with van der Waals surface area (Å²) in [6, 6.07) is 10.3. The van der Waals surface area contributed by atoms with Gasteiger partial charge in [0.05, 0.1) is 0 Å². The Labute approximate surface area is 115 Å². The maximum absolute atomic E-state index is 4.51. The first-order valence-electron chi connectivity index (χ1n) is 6.55. The van der Waals surface area contributed by atoms with E-state index < -0.39 is 0 Å². The minimum absolute atomic E-state index is 0.984. The predicted molar refractivity (Wildman–Crippen MR) is 81.7 cm³/mol. The first kappa shape index (κ1) is 13.3. The van der Waals surface area contributed by atoms with E-state index in [0.717, 1.165) is 11.4 Å². The summed E-state index contributed by atoms with van der Waals surface area (Å²) < 4.78 is 2.17. The van der Waals surface area contributed by atoms with Crippen molar-refractivity contribution in [2.24, 2.45) is 0 Å². The van der Waals surface area contributed by atoms with Crippen molar-refractivity contribution >= 4 is 5.70 Å². The highest BCUT2D eigenvalue weighted by atomic mass is 15.1. The highest BCUT2D eigenvalue weighted by molar-refractivity contribution is 5.71. The van der Waals surface area contributed by atoms with Gasteiger partial charge in [-0.15, -0.1) is 0 Å². The van der Waals surface area contributed by atoms with Crippen LogP contribution in [0.15, 0.2) is 59.9 Å². The lowest BCUT2D eigenvalue weighted by atomic mass is 10.1. The number of rotatable bonds is 3. The molecule has 19 heavy (non-hydrogen) atoms. The van der Waals surface area contributed by atoms with E-state index in [-0.39, 0.29) is 0 Å². The van der Waals surface area contributed by atoms with Crippen LogP contribution in [0, 0.1) is 0 Å². The highest BCUT2D eigenvalue weighted by Crippen LogP contribution is 2.26. The molecule has 1 aromatic carbocycles. The zero-order valence-corrected chi connectivity index (χ0v) is 12.0. The van der Waals surface area contributed by atoms with Crippen molar-refractivity contribution in [1.29, 1.82) is 0 Å². The number of nitrogens with zero attached hydrogens (tertiary/aromatic N) is 2. The van der Waals surface area contributed by atoms with Gasteiger partial charge in [0.1, 0.15) is 5.82 Å². The topological polar surface area (TPSA) is 17.8 Å². The molecule has 0 saturated heterocycles. The van der Waals surface area contributed by atoms with Crippen LogP contribution in [0.5, 0.6) is 0 Å². The summed E-state index contributed by atoms with van der Waals surface area (Å²) in [5, 5.41) is 0. The summed E-state index contributed by atoms with van der Waals surface area (Å²) in [7, 11) is 0. The number of imidazole rings is 1. The third-order valence-electron chi connectivity index (χ3n) is 3.19. The fraction of sp³-hybridized carbons (Fsp3) is 0.235. The molecule has 0 fully saturated rings. The van der Waals surface area contributed by atoms with Gasteiger partial charge in [-0.2, -0.15) is 0 Å². The first-order valence-corrected chi connectivity index (χ1v) is 6.55. The fourth-order valence-electron chi connectivity index (χ4n) is 2.25. The van der Waals surface area contributed by atoms with Crippen LogP contribution < -0.4 is 0 Å². The zero-order chi connectivity index (χ0) is 13.8. The van der Waals surface area contributed by atoms with Crippen LogP contribution >= 0.6 is 0 Å². The standard InChI is InChI=1S/C17H20N2/c1-5-14(4)16(13(2)3)19-12-11-18-17(19)15-9-7-6-8-10-15/h5-12H,1-4H3/b14-5-. The van der Waals surface area contributed by atoms with Crippen molar-refractivity contribution in [3.8, 4) is 11.4 Å². The van der Waals surface area contributed by atoms with Crippen molar-refractivity contribution in [3.05, 3.63) is 59.9 Å². The van der Waals surface area contributed by atoms with Crippen LogP contribution in [0.3, 0.4) is 0 Å². The van der Waals surface area contributed by atoms with Crippen molar-refractivity contribution in [3.63, 3.8) is 0 Å². The van der Waals surface area contributed by atoms with Gasteiger partial charge >= 0.3 is 0 Å². The number of hydrogen-bond acceptors (Lipinski definition) is 1. The van der Waals surface area contributed by atoms with Crippen LogP contribution in [0.25, 0.3) is 17.1 Å². The van der Waals surface area contributed by atoms with Crippen molar-refractivity contribution < 1.29 is 0 Å². The van der Waals surface area contributed by atoms with Crippen LogP contribution in [-0.4, -0.2) is 9.55 Å². The quantitative estimate of drug-likeness (QED) is 0.720. The third-order valence-corrected chi connectivity index (χ3v) is 3.19. The van der Waals surface area contributed by atoms with Gasteiger partial charge in [0.2, 0.25) is 0 Å². The summed E-state index contributed by atoms with van der Waals surface area (Å²) in [6.45, 7) is 8.47. The Morgan fingerprint density at radius 2 is 1.79 bits per heavy atom. The maximum atomic E-state index is 4.51. The average molecular weight is 252 g/mol. The molecule has 2 heteroatoms. The van der Waals surface area contributed by atoms with Gasteiger partial charge in [-0.1, -0.05) is 42.0 Å². The molecular weight excluding hydrogens is 232 g/mol. The lowest BCUT2D eigenvalue weighted by molar-refractivity contribution is 1.06. The molecule has 0 bridgehead atoms. The van der Waals surface area contributed by atoms with E-state index in [4.69, 9.17) is 0 Å². The molecule has 0 saturated carbocycles. The Bertz CT molecular complexity index is 612. The molecule has 2 nitrogen and oxygen atoms in total. The highest BCUT2D eigenvalue weighted by Gasteiger charge is 2.11. The SMILES string of the molecule is C/C=C(/C)C(=C(C)C)n1ccnc1-c1ccccc1. The number of hydrogen-bond donors (Lipinski definition) is 0. The van der Waals surface area contributed by atoms with Crippen LogP contribution in [0.4, 0.5) is 0 Å². The monoisotopic (exact) mass is 252 g/mol.